The first-order chi connectivity index (χ1) is 17.1. The van der Waals surface area contributed by atoms with Crippen LogP contribution in [-0.4, -0.2) is 61.7 Å². The number of thiazole rings is 1. The summed E-state index contributed by atoms with van der Waals surface area (Å²) < 4.78 is 37.9. The van der Waals surface area contributed by atoms with Crippen molar-refractivity contribution < 1.29 is 22.7 Å². The van der Waals surface area contributed by atoms with Crippen LogP contribution in [0.1, 0.15) is 16.1 Å². The Morgan fingerprint density at radius 1 is 1.03 bits per heavy atom. The molecule has 2 aromatic carbocycles. The Hall–Kier alpha value is -3.74. The van der Waals surface area contributed by atoms with Crippen molar-refractivity contribution in [3.8, 4) is 27.9 Å². The van der Waals surface area contributed by atoms with Gasteiger partial charge in [0, 0.05) is 36.7 Å². The Morgan fingerprint density at radius 2 is 1.72 bits per heavy atom. The largest absolute Gasteiger partial charge is 0.493 e. The van der Waals surface area contributed by atoms with Crippen molar-refractivity contribution in [1.29, 1.82) is 0 Å². The Bertz CT molecular complexity index is 1510. The summed E-state index contributed by atoms with van der Waals surface area (Å²) in [5.74, 6) is 1.26. The number of aromatic nitrogens is 3. The number of carbonyl (C=O) groups excluding carboxylic acids is 1. The summed E-state index contributed by atoms with van der Waals surface area (Å²) in [6.45, 7) is 1.82. The molecule has 0 aliphatic carbocycles. The molecule has 0 saturated heterocycles. The number of nitrogens with zero attached hydrogens (tertiary/aromatic N) is 4. The Kier molecular flexibility index (Phi) is 7.11. The maximum absolute atomic E-state index is 12.9. The van der Waals surface area contributed by atoms with Crippen molar-refractivity contribution >= 4 is 33.1 Å². The van der Waals surface area contributed by atoms with Crippen LogP contribution in [0.15, 0.2) is 58.8 Å². The molecule has 0 spiro atoms. The summed E-state index contributed by atoms with van der Waals surface area (Å²) in [5.41, 5.74) is 2.57. The molecule has 0 saturated carbocycles. The highest BCUT2D eigenvalue weighted by Crippen LogP contribution is 2.33. The van der Waals surface area contributed by atoms with Gasteiger partial charge in [-0.25, -0.2) is 17.7 Å². The van der Waals surface area contributed by atoms with E-state index in [1.807, 2.05) is 30.5 Å². The van der Waals surface area contributed by atoms with Crippen molar-refractivity contribution in [2.75, 3.05) is 33.6 Å². The normalized spacial score (nSPS) is 11.5. The van der Waals surface area contributed by atoms with Crippen LogP contribution in [0.4, 0.5) is 5.82 Å². The van der Waals surface area contributed by atoms with Crippen molar-refractivity contribution in [3.05, 3.63) is 65.2 Å². The van der Waals surface area contributed by atoms with E-state index >= 15 is 0 Å². The van der Waals surface area contributed by atoms with Gasteiger partial charge in [0.1, 0.15) is 5.82 Å². The van der Waals surface area contributed by atoms with E-state index in [4.69, 9.17) is 14.5 Å². The van der Waals surface area contributed by atoms with Gasteiger partial charge < -0.3 is 14.8 Å². The molecular weight excluding hydrogens is 502 g/mol. The second kappa shape index (κ2) is 10.1. The fraction of sp³-hybridized carbons (Fsp3) is 0.208. The van der Waals surface area contributed by atoms with E-state index < -0.39 is 15.9 Å². The zero-order valence-electron chi connectivity index (χ0n) is 20.3. The average molecular weight is 528 g/mol. The number of sulfonamides is 1. The second-order valence-electron chi connectivity index (χ2n) is 7.93. The van der Waals surface area contributed by atoms with E-state index in [2.05, 4.69) is 10.4 Å². The van der Waals surface area contributed by atoms with E-state index in [0.29, 0.717) is 33.7 Å². The lowest BCUT2D eigenvalue weighted by Gasteiger charge is -2.11. The van der Waals surface area contributed by atoms with Gasteiger partial charge in [-0.1, -0.05) is 0 Å². The van der Waals surface area contributed by atoms with Gasteiger partial charge in [0.15, 0.2) is 11.5 Å². The molecule has 4 rings (SSSR count). The lowest BCUT2D eigenvalue weighted by molar-refractivity contribution is 0.102. The lowest BCUT2D eigenvalue weighted by Crippen LogP contribution is -2.22. The Balaban J connectivity index is 1.58. The standard InChI is InChI=1S/C24H25N5O5S2/c1-15-12-22(26-23(30)16-6-9-18(10-7-16)36(31,32)28(2)3)29(27-15)24-25-19(14-35-24)17-8-11-20(33-4)21(13-17)34-5/h6-14H,1-5H3,(H,26,30). The number of ether oxygens (including phenoxy) is 2. The number of carbonyl (C=O) groups is 1. The number of nitrogens with one attached hydrogen (secondary N) is 1. The first kappa shape index (κ1) is 25.4. The molecule has 4 aromatic rings. The third kappa shape index (κ3) is 4.96. The Labute approximate surface area is 213 Å². The minimum atomic E-state index is -3.58. The molecule has 2 heterocycles. The molecule has 0 unspecified atom stereocenters. The summed E-state index contributed by atoms with van der Waals surface area (Å²) in [5, 5.41) is 9.78. The molecular formula is C24H25N5O5S2. The molecule has 0 bridgehead atoms. The number of methoxy groups -OCH3 is 2. The average Bonchev–Trinajstić information content (AvgIpc) is 3.50. The number of aryl methyl sites for hydroxylation is 1. The summed E-state index contributed by atoms with van der Waals surface area (Å²) in [7, 11) is 2.48. The molecule has 1 amide bonds. The quantitative estimate of drug-likeness (QED) is 0.370. The SMILES string of the molecule is COc1ccc(-c2csc(-n3nc(C)cc3NC(=O)c3ccc(S(=O)(=O)N(C)C)cc3)n2)cc1OC. The number of amides is 1. The van der Waals surface area contributed by atoms with Gasteiger partial charge in [0.2, 0.25) is 15.2 Å². The van der Waals surface area contributed by atoms with Crippen LogP contribution in [0.5, 0.6) is 11.5 Å². The lowest BCUT2D eigenvalue weighted by atomic mass is 10.1. The first-order valence-corrected chi connectivity index (χ1v) is 13.0. The molecule has 10 nitrogen and oxygen atoms in total. The number of rotatable bonds is 8. The molecule has 0 atom stereocenters. The highest BCUT2D eigenvalue weighted by atomic mass is 32.2. The maximum Gasteiger partial charge on any atom is 0.256 e. The van der Waals surface area contributed by atoms with Crippen LogP contribution in [0.3, 0.4) is 0 Å². The predicted molar refractivity (Wildman–Crippen MR) is 138 cm³/mol. The minimum Gasteiger partial charge on any atom is -0.493 e. The van der Waals surface area contributed by atoms with Crippen molar-refractivity contribution in [2.24, 2.45) is 0 Å². The fourth-order valence-corrected chi connectivity index (χ4v) is 5.10. The summed E-state index contributed by atoms with van der Waals surface area (Å²) in [6.07, 6.45) is 0. The van der Waals surface area contributed by atoms with Crippen LogP contribution in [0, 0.1) is 6.92 Å². The van der Waals surface area contributed by atoms with Gasteiger partial charge in [0.05, 0.1) is 30.5 Å². The van der Waals surface area contributed by atoms with E-state index in [1.54, 1.807) is 25.0 Å². The van der Waals surface area contributed by atoms with Gasteiger partial charge in [-0.2, -0.15) is 9.78 Å². The first-order valence-electron chi connectivity index (χ1n) is 10.7. The number of hydrogen-bond acceptors (Lipinski definition) is 8. The van der Waals surface area contributed by atoms with E-state index in [-0.39, 0.29) is 4.90 Å². The van der Waals surface area contributed by atoms with Gasteiger partial charge in [-0.05, 0) is 49.4 Å². The zero-order chi connectivity index (χ0) is 26.0. The number of anilines is 1. The number of hydrogen-bond donors (Lipinski definition) is 1. The molecule has 1 N–H and O–H groups in total. The second-order valence-corrected chi connectivity index (χ2v) is 10.9. The third-order valence-corrected chi connectivity index (χ3v) is 7.97. The van der Waals surface area contributed by atoms with Gasteiger partial charge in [0.25, 0.3) is 5.91 Å². The Morgan fingerprint density at radius 3 is 2.36 bits per heavy atom. The monoisotopic (exact) mass is 527 g/mol. The molecule has 188 valence electrons. The predicted octanol–water partition coefficient (Wildman–Crippen LogP) is 3.82. The van der Waals surface area contributed by atoms with Crippen LogP contribution >= 0.6 is 11.3 Å². The molecule has 0 fully saturated rings. The summed E-state index contributed by atoms with van der Waals surface area (Å²) in [6, 6.07) is 13.0. The topological polar surface area (TPSA) is 116 Å². The van der Waals surface area contributed by atoms with Gasteiger partial charge in [-0.15, -0.1) is 11.3 Å². The number of benzene rings is 2. The minimum absolute atomic E-state index is 0.107. The molecule has 2 aromatic heterocycles. The highest BCUT2D eigenvalue weighted by Gasteiger charge is 2.19. The van der Waals surface area contributed by atoms with Crippen LogP contribution in [-0.2, 0) is 10.0 Å². The van der Waals surface area contributed by atoms with E-state index in [1.165, 1.54) is 49.7 Å². The zero-order valence-corrected chi connectivity index (χ0v) is 22.0. The fourth-order valence-electron chi connectivity index (χ4n) is 3.40. The van der Waals surface area contributed by atoms with Gasteiger partial charge in [-0.3, -0.25) is 4.79 Å². The van der Waals surface area contributed by atoms with Crippen LogP contribution in [0.25, 0.3) is 16.4 Å². The van der Waals surface area contributed by atoms with Crippen LogP contribution in [0.2, 0.25) is 0 Å². The van der Waals surface area contributed by atoms with Crippen molar-refractivity contribution in [3.63, 3.8) is 0 Å². The molecule has 36 heavy (non-hydrogen) atoms. The molecule has 0 aliphatic heterocycles. The van der Waals surface area contributed by atoms with Crippen LogP contribution < -0.4 is 14.8 Å². The molecule has 12 heteroatoms. The maximum atomic E-state index is 12.9. The van der Waals surface area contributed by atoms with E-state index in [0.717, 1.165) is 15.6 Å². The van der Waals surface area contributed by atoms with Crippen molar-refractivity contribution in [1.82, 2.24) is 19.1 Å². The van der Waals surface area contributed by atoms with Gasteiger partial charge >= 0.3 is 0 Å². The van der Waals surface area contributed by atoms with E-state index in [9.17, 15) is 13.2 Å². The summed E-state index contributed by atoms with van der Waals surface area (Å²) >= 11 is 1.37. The highest BCUT2D eigenvalue weighted by molar-refractivity contribution is 7.89. The smallest absolute Gasteiger partial charge is 0.256 e. The third-order valence-electron chi connectivity index (χ3n) is 5.32. The summed E-state index contributed by atoms with van der Waals surface area (Å²) in [4.78, 5) is 17.7. The molecule has 0 aliphatic rings. The molecule has 0 radical (unpaired) electrons. The van der Waals surface area contributed by atoms with Crippen molar-refractivity contribution in [2.45, 2.75) is 11.8 Å².